The number of likely N-dealkylation sites (tertiary alicyclic amines) is 1. The Balaban J connectivity index is 1.70. The van der Waals surface area contributed by atoms with Crippen LogP contribution >= 0.6 is 11.8 Å². The van der Waals surface area contributed by atoms with Gasteiger partial charge in [0, 0.05) is 37.1 Å². The zero-order chi connectivity index (χ0) is 14.1. The van der Waals surface area contributed by atoms with E-state index in [4.69, 9.17) is 4.42 Å². The van der Waals surface area contributed by atoms with E-state index >= 15 is 0 Å². The molecule has 1 unspecified atom stereocenters. The zero-order valence-corrected chi connectivity index (χ0v) is 12.0. The number of furan rings is 1. The summed E-state index contributed by atoms with van der Waals surface area (Å²) in [7, 11) is 0. The number of carbonyl (C=O) groups excluding carboxylic acids is 2. The average molecular weight is 289 g/mol. The molecule has 4 nitrogen and oxygen atoms in total. The van der Waals surface area contributed by atoms with Gasteiger partial charge in [-0.15, -0.1) is 0 Å². The van der Waals surface area contributed by atoms with Crippen molar-refractivity contribution < 1.29 is 14.0 Å². The lowest BCUT2D eigenvalue weighted by atomic mass is 10.1. The highest BCUT2D eigenvalue weighted by Gasteiger charge is 2.30. The van der Waals surface area contributed by atoms with E-state index in [1.165, 1.54) is 11.8 Å². The van der Waals surface area contributed by atoms with Crippen molar-refractivity contribution in [1.29, 1.82) is 0 Å². The minimum absolute atomic E-state index is 0.0736. The summed E-state index contributed by atoms with van der Waals surface area (Å²) in [6.07, 6.45) is 2.12. The summed E-state index contributed by atoms with van der Waals surface area (Å²) < 4.78 is 5.30. The maximum Gasteiger partial charge on any atom is 0.224 e. The van der Waals surface area contributed by atoms with Crippen LogP contribution in [0, 0.1) is 0 Å². The fourth-order valence-corrected chi connectivity index (χ4v) is 3.49. The lowest BCUT2D eigenvalue weighted by Gasteiger charge is -2.16. The first kappa shape index (κ1) is 13.2. The molecule has 1 fully saturated rings. The van der Waals surface area contributed by atoms with Crippen molar-refractivity contribution >= 4 is 33.8 Å². The summed E-state index contributed by atoms with van der Waals surface area (Å²) in [5, 5.41) is 1.21. The summed E-state index contributed by atoms with van der Waals surface area (Å²) in [4.78, 5) is 24.9. The Morgan fingerprint density at radius 2 is 2.30 bits per heavy atom. The fourth-order valence-electron chi connectivity index (χ4n) is 2.54. The fraction of sp³-hybridized carbons (Fsp3) is 0.333. The van der Waals surface area contributed by atoms with Gasteiger partial charge in [0.15, 0.2) is 5.12 Å². The van der Waals surface area contributed by atoms with Gasteiger partial charge in [0.2, 0.25) is 5.91 Å². The van der Waals surface area contributed by atoms with Crippen LogP contribution in [0.25, 0.3) is 11.0 Å². The Labute approximate surface area is 121 Å². The Morgan fingerprint density at radius 3 is 3.10 bits per heavy atom. The highest BCUT2D eigenvalue weighted by molar-refractivity contribution is 8.14. The first-order chi connectivity index (χ1) is 9.61. The normalized spacial score (nSPS) is 18.9. The molecule has 1 aliphatic rings. The SMILES string of the molecule is CC(=O)SC1CC(=O)N(Cc2ccc3occc3c2)C1. The molecule has 1 saturated heterocycles. The second kappa shape index (κ2) is 5.32. The van der Waals surface area contributed by atoms with Crippen molar-refractivity contribution in [3.05, 3.63) is 36.1 Å². The molecule has 2 heterocycles. The molecule has 0 radical (unpaired) electrons. The summed E-state index contributed by atoms with van der Waals surface area (Å²) in [5.41, 5.74) is 1.94. The molecule has 0 bridgehead atoms. The van der Waals surface area contributed by atoms with Gasteiger partial charge in [-0.1, -0.05) is 17.8 Å². The molecule has 1 aromatic heterocycles. The molecule has 0 N–H and O–H groups in total. The van der Waals surface area contributed by atoms with Crippen LogP contribution in [-0.4, -0.2) is 27.7 Å². The first-order valence-electron chi connectivity index (χ1n) is 6.53. The van der Waals surface area contributed by atoms with E-state index in [1.807, 2.05) is 29.2 Å². The van der Waals surface area contributed by atoms with Gasteiger partial charge in [0.05, 0.1) is 6.26 Å². The largest absolute Gasteiger partial charge is 0.464 e. The molecule has 3 rings (SSSR count). The molecular formula is C15H15NO3S. The van der Waals surface area contributed by atoms with Crippen molar-refractivity contribution in [1.82, 2.24) is 4.90 Å². The van der Waals surface area contributed by atoms with Crippen LogP contribution in [0.4, 0.5) is 0 Å². The van der Waals surface area contributed by atoms with Crippen molar-refractivity contribution in [2.75, 3.05) is 6.54 Å². The number of hydrogen-bond donors (Lipinski definition) is 0. The van der Waals surface area contributed by atoms with Gasteiger partial charge in [-0.25, -0.2) is 0 Å². The number of carbonyl (C=O) groups is 2. The van der Waals surface area contributed by atoms with E-state index in [0.717, 1.165) is 16.5 Å². The molecule has 20 heavy (non-hydrogen) atoms. The number of fused-ring (bicyclic) bond motifs is 1. The molecule has 1 aliphatic heterocycles. The number of rotatable bonds is 3. The smallest absolute Gasteiger partial charge is 0.224 e. The Kier molecular flexibility index (Phi) is 3.53. The van der Waals surface area contributed by atoms with Crippen LogP contribution < -0.4 is 0 Å². The Hall–Kier alpha value is -1.75. The van der Waals surface area contributed by atoms with Crippen LogP contribution in [0.5, 0.6) is 0 Å². The Bertz CT molecular complexity index is 664. The third-order valence-electron chi connectivity index (χ3n) is 3.40. The molecule has 0 saturated carbocycles. The van der Waals surface area contributed by atoms with Crippen LogP contribution in [0.1, 0.15) is 18.9 Å². The predicted molar refractivity (Wildman–Crippen MR) is 78.3 cm³/mol. The van der Waals surface area contributed by atoms with Crippen molar-refractivity contribution in [3.8, 4) is 0 Å². The second-order valence-electron chi connectivity index (χ2n) is 5.00. The summed E-state index contributed by atoms with van der Waals surface area (Å²) >= 11 is 1.27. The third-order valence-corrected chi connectivity index (χ3v) is 4.38. The first-order valence-corrected chi connectivity index (χ1v) is 7.41. The molecule has 5 heteroatoms. The van der Waals surface area contributed by atoms with Crippen LogP contribution in [0.3, 0.4) is 0 Å². The van der Waals surface area contributed by atoms with E-state index in [2.05, 4.69) is 0 Å². The van der Waals surface area contributed by atoms with Crippen molar-refractivity contribution in [2.45, 2.75) is 25.1 Å². The molecular weight excluding hydrogens is 274 g/mol. The molecule has 0 spiro atoms. The molecule has 0 aliphatic carbocycles. The third kappa shape index (κ3) is 2.72. The number of thioether (sulfide) groups is 1. The van der Waals surface area contributed by atoms with Crippen LogP contribution in [-0.2, 0) is 16.1 Å². The van der Waals surface area contributed by atoms with E-state index < -0.39 is 0 Å². The number of amides is 1. The highest BCUT2D eigenvalue weighted by atomic mass is 32.2. The maximum absolute atomic E-state index is 12.0. The van der Waals surface area contributed by atoms with Gasteiger partial charge in [-0.05, 0) is 23.8 Å². The van der Waals surface area contributed by atoms with E-state index in [1.54, 1.807) is 13.2 Å². The molecule has 1 amide bonds. The average Bonchev–Trinajstić information content (AvgIpc) is 2.96. The number of hydrogen-bond acceptors (Lipinski definition) is 4. The second-order valence-corrected chi connectivity index (χ2v) is 6.48. The molecule has 2 aromatic rings. The van der Waals surface area contributed by atoms with E-state index in [-0.39, 0.29) is 16.3 Å². The van der Waals surface area contributed by atoms with E-state index in [9.17, 15) is 9.59 Å². The molecule has 104 valence electrons. The van der Waals surface area contributed by atoms with Gasteiger partial charge in [-0.2, -0.15) is 0 Å². The van der Waals surface area contributed by atoms with Crippen LogP contribution in [0.2, 0.25) is 0 Å². The van der Waals surface area contributed by atoms with Gasteiger partial charge < -0.3 is 9.32 Å². The highest BCUT2D eigenvalue weighted by Crippen LogP contribution is 2.26. The zero-order valence-electron chi connectivity index (χ0n) is 11.2. The maximum atomic E-state index is 12.0. The molecule has 1 aromatic carbocycles. The number of nitrogens with zero attached hydrogens (tertiary/aromatic N) is 1. The summed E-state index contributed by atoms with van der Waals surface area (Å²) in [5.74, 6) is 0.121. The van der Waals surface area contributed by atoms with Gasteiger partial charge in [0.1, 0.15) is 5.58 Å². The lowest BCUT2D eigenvalue weighted by Crippen LogP contribution is -2.24. The minimum Gasteiger partial charge on any atom is -0.464 e. The summed E-state index contributed by atoms with van der Waals surface area (Å²) in [6, 6.07) is 7.86. The minimum atomic E-state index is 0.0736. The number of benzene rings is 1. The van der Waals surface area contributed by atoms with Gasteiger partial charge in [-0.3, -0.25) is 9.59 Å². The lowest BCUT2D eigenvalue weighted by molar-refractivity contribution is -0.128. The molecule has 1 atom stereocenters. The van der Waals surface area contributed by atoms with E-state index in [0.29, 0.717) is 19.5 Å². The van der Waals surface area contributed by atoms with Crippen LogP contribution in [0.15, 0.2) is 34.9 Å². The van der Waals surface area contributed by atoms with Crippen molar-refractivity contribution in [2.24, 2.45) is 0 Å². The quantitative estimate of drug-likeness (QED) is 0.872. The monoisotopic (exact) mass is 289 g/mol. The van der Waals surface area contributed by atoms with Gasteiger partial charge in [0.25, 0.3) is 0 Å². The van der Waals surface area contributed by atoms with Crippen molar-refractivity contribution in [3.63, 3.8) is 0 Å². The topological polar surface area (TPSA) is 50.5 Å². The Morgan fingerprint density at radius 1 is 1.45 bits per heavy atom. The standard InChI is InChI=1S/C15H15NO3S/c1-10(17)20-13-7-15(18)16(9-13)8-11-2-3-14-12(6-11)4-5-19-14/h2-6,13H,7-9H2,1H3. The predicted octanol–water partition coefficient (Wildman–Crippen LogP) is 2.81. The summed E-state index contributed by atoms with van der Waals surface area (Å²) in [6.45, 7) is 2.78. The van der Waals surface area contributed by atoms with Gasteiger partial charge >= 0.3 is 0 Å².